The van der Waals surface area contributed by atoms with Gasteiger partial charge < -0.3 is 15.5 Å². The van der Waals surface area contributed by atoms with Crippen molar-refractivity contribution in [2.45, 2.75) is 44.2 Å². The van der Waals surface area contributed by atoms with Gasteiger partial charge in [-0.1, -0.05) is 0 Å². The summed E-state index contributed by atoms with van der Waals surface area (Å²) in [6, 6.07) is 3.07. The Balaban J connectivity index is 1.26. The molecule has 0 bridgehead atoms. The van der Waals surface area contributed by atoms with E-state index in [2.05, 4.69) is 20.6 Å². The van der Waals surface area contributed by atoms with E-state index in [0.717, 1.165) is 38.6 Å². The summed E-state index contributed by atoms with van der Waals surface area (Å²) in [7, 11) is 0. The number of likely N-dealkylation sites (tertiary alicyclic amines) is 1. The van der Waals surface area contributed by atoms with Crippen molar-refractivity contribution in [3.63, 3.8) is 0 Å². The zero-order valence-corrected chi connectivity index (χ0v) is 13.7. The van der Waals surface area contributed by atoms with E-state index in [1.54, 1.807) is 0 Å². The van der Waals surface area contributed by atoms with Crippen LogP contribution in [-0.4, -0.2) is 59.4 Å². The second kappa shape index (κ2) is 6.61. The molecule has 6 heteroatoms. The lowest BCUT2D eigenvalue weighted by Gasteiger charge is -2.22. The molecule has 3 aliphatic rings. The van der Waals surface area contributed by atoms with Gasteiger partial charge in [0.2, 0.25) is 0 Å². The average molecular weight is 317 g/mol. The van der Waals surface area contributed by atoms with E-state index in [9.17, 15) is 4.79 Å². The number of nitrogens with zero attached hydrogens (tertiary/aromatic N) is 3. The third kappa shape index (κ3) is 3.58. The molecule has 0 radical (unpaired) electrons. The molecule has 1 aromatic heterocycles. The Hall–Kier alpha value is -1.40. The Labute approximate surface area is 137 Å². The van der Waals surface area contributed by atoms with Crippen LogP contribution in [0, 0.1) is 5.92 Å². The summed E-state index contributed by atoms with van der Waals surface area (Å²) in [5.41, 5.74) is 0.549. The van der Waals surface area contributed by atoms with E-state index < -0.39 is 0 Å². The van der Waals surface area contributed by atoms with Gasteiger partial charge in [0.15, 0.2) is 0 Å². The second-order valence-corrected chi connectivity index (χ2v) is 7.27. The quantitative estimate of drug-likeness (QED) is 0.851. The molecule has 0 spiro atoms. The van der Waals surface area contributed by atoms with Gasteiger partial charge in [-0.2, -0.15) is 5.10 Å². The first-order valence-corrected chi connectivity index (χ1v) is 9.08. The van der Waals surface area contributed by atoms with E-state index in [0.29, 0.717) is 17.7 Å². The molecule has 2 atom stereocenters. The van der Waals surface area contributed by atoms with Crippen molar-refractivity contribution in [3.05, 3.63) is 18.0 Å². The highest BCUT2D eigenvalue weighted by atomic mass is 16.1. The fraction of sp³-hybridized carbons (Fsp3) is 0.765. The molecule has 126 valence electrons. The number of nitrogens with one attached hydrogen (secondary N) is 2. The van der Waals surface area contributed by atoms with Gasteiger partial charge in [-0.05, 0) is 57.2 Å². The minimum absolute atomic E-state index is 0.0302. The smallest absolute Gasteiger partial charge is 0.271 e. The Morgan fingerprint density at radius 2 is 2.22 bits per heavy atom. The number of piperidine rings is 1. The number of hydrogen-bond donors (Lipinski definition) is 2. The highest BCUT2D eigenvalue weighted by Gasteiger charge is 2.34. The fourth-order valence-corrected chi connectivity index (χ4v) is 3.85. The highest BCUT2D eigenvalue weighted by Crippen LogP contribution is 2.31. The third-order valence-electron chi connectivity index (χ3n) is 5.42. The molecule has 4 rings (SSSR count). The summed E-state index contributed by atoms with van der Waals surface area (Å²) in [6.45, 7) is 5.16. The second-order valence-electron chi connectivity index (χ2n) is 7.27. The maximum atomic E-state index is 12.3. The lowest BCUT2D eigenvalue weighted by Crippen LogP contribution is -2.33. The summed E-state index contributed by atoms with van der Waals surface area (Å²) in [5, 5.41) is 11.0. The lowest BCUT2D eigenvalue weighted by atomic mass is 10.1. The summed E-state index contributed by atoms with van der Waals surface area (Å²) < 4.78 is 1.95. The predicted molar refractivity (Wildman–Crippen MR) is 88.4 cm³/mol. The first-order valence-electron chi connectivity index (χ1n) is 9.08. The lowest BCUT2D eigenvalue weighted by molar-refractivity contribution is 0.0941. The highest BCUT2D eigenvalue weighted by molar-refractivity contribution is 5.92. The minimum Gasteiger partial charge on any atom is -0.350 e. The SMILES string of the molecule is O=C(NCC1CCN(C2CC2)C1)c1ccn(C2CCCNC2)n1. The van der Waals surface area contributed by atoms with Crippen LogP contribution in [0.15, 0.2) is 12.3 Å². The molecule has 1 aromatic rings. The van der Waals surface area contributed by atoms with Gasteiger partial charge >= 0.3 is 0 Å². The molecule has 1 saturated carbocycles. The summed E-state index contributed by atoms with van der Waals surface area (Å²) >= 11 is 0. The zero-order valence-electron chi connectivity index (χ0n) is 13.7. The van der Waals surface area contributed by atoms with Crippen LogP contribution >= 0.6 is 0 Å². The van der Waals surface area contributed by atoms with Gasteiger partial charge in [-0.3, -0.25) is 9.48 Å². The van der Waals surface area contributed by atoms with Gasteiger partial charge in [-0.25, -0.2) is 0 Å². The number of amides is 1. The van der Waals surface area contributed by atoms with Crippen LogP contribution in [0.1, 0.15) is 48.6 Å². The minimum atomic E-state index is -0.0302. The normalized spacial score (nSPS) is 28.9. The van der Waals surface area contributed by atoms with Gasteiger partial charge in [0.25, 0.3) is 5.91 Å². The van der Waals surface area contributed by atoms with Gasteiger partial charge in [0, 0.05) is 31.9 Å². The maximum absolute atomic E-state index is 12.3. The number of rotatable bonds is 5. The van der Waals surface area contributed by atoms with Crippen LogP contribution in [0.5, 0.6) is 0 Å². The summed E-state index contributed by atoms with van der Waals surface area (Å²) in [5.74, 6) is 0.571. The van der Waals surface area contributed by atoms with Crippen LogP contribution in [0.3, 0.4) is 0 Å². The molecule has 2 unspecified atom stereocenters. The maximum Gasteiger partial charge on any atom is 0.271 e. The fourth-order valence-electron chi connectivity index (χ4n) is 3.85. The van der Waals surface area contributed by atoms with Crippen molar-refractivity contribution < 1.29 is 4.79 Å². The van der Waals surface area contributed by atoms with Crippen LogP contribution in [0.25, 0.3) is 0 Å². The molecule has 1 amide bonds. The molecule has 2 N–H and O–H groups in total. The van der Waals surface area contributed by atoms with E-state index in [1.165, 1.54) is 32.2 Å². The predicted octanol–water partition coefficient (Wildman–Crippen LogP) is 1.02. The van der Waals surface area contributed by atoms with E-state index in [4.69, 9.17) is 0 Å². The van der Waals surface area contributed by atoms with Crippen LogP contribution in [-0.2, 0) is 0 Å². The summed E-state index contributed by atoms with van der Waals surface area (Å²) in [6.07, 6.45) is 8.19. The van der Waals surface area contributed by atoms with Crippen molar-refractivity contribution in [1.82, 2.24) is 25.3 Å². The van der Waals surface area contributed by atoms with Crippen molar-refractivity contribution in [2.75, 3.05) is 32.7 Å². The number of hydrogen-bond acceptors (Lipinski definition) is 4. The first-order chi connectivity index (χ1) is 11.3. The van der Waals surface area contributed by atoms with Gasteiger partial charge in [-0.15, -0.1) is 0 Å². The molecule has 2 saturated heterocycles. The Morgan fingerprint density at radius 1 is 1.30 bits per heavy atom. The van der Waals surface area contributed by atoms with Crippen molar-refractivity contribution >= 4 is 5.91 Å². The first kappa shape index (κ1) is 15.1. The summed E-state index contributed by atoms with van der Waals surface area (Å²) in [4.78, 5) is 14.9. The molecule has 3 fully saturated rings. The van der Waals surface area contributed by atoms with Crippen molar-refractivity contribution in [1.29, 1.82) is 0 Å². The molecule has 1 aliphatic carbocycles. The number of carbonyl (C=O) groups excluding carboxylic acids is 1. The van der Waals surface area contributed by atoms with Crippen molar-refractivity contribution in [3.8, 4) is 0 Å². The average Bonchev–Trinajstić information content (AvgIpc) is 3.14. The van der Waals surface area contributed by atoms with E-state index >= 15 is 0 Å². The Morgan fingerprint density at radius 3 is 3.00 bits per heavy atom. The molecule has 2 aliphatic heterocycles. The molecule has 3 heterocycles. The topological polar surface area (TPSA) is 62.2 Å². The molecule has 23 heavy (non-hydrogen) atoms. The molecular weight excluding hydrogens is 290 g/mol. The standard InChI is InChI=1S/C17H27N5O/c23-17(19-10-13-5-8-21(12-13)14-3-4-14)16-6-9-22(20-16)15-2-1-7-18-11-15/h6,9,13-15,18H,1-5,7-8,10-12H2,(H,19,23). The van der Waals surface area contributed by atoms with Gasteiger partial charge in [0.05, 0.1) is 6.04 Å². The number of carbonyl (C=O) groups is 1. The van der Waals surface area contributed by atoms with Crippen LogP contribution in [0.4, 0.5) is 0 Å². The number of aromatic nitrogens is 2. The molecule has 6 nitrogen and oxygen atoms in total. The monoisotopic (exact) mass is 317 g/mol. The Bertz CT molecular complexity index is 547. The zero-order chi connectivity index (χ0) is 15.6. The van der Waals surface area contributed by atoms with Crippen LogP contribution in [0.2, 0.25) is 0 Å². The van der Waals surface area contributed by atoms with Gasteiger partial charge in [0.1, 0.15) is 5.69 Å². The van der Waals surface area contributed by atoms with E-state index in [-0.39, 0.29) is 5.91 Å². The largest absolute Gasteiger partial charge is 0.350 e. The van der Waals surface area contributed by atoms with Crippen LogP contribution < -0.4 is 10.6 Å². The molecule has 0 aromatic carbocycles. The Kier molecular flexibility index (Phi) is 4.35. The third-order valence-corrected chi connectivity index (χ3v) is 5.42. The van der Waals surface area contributed by atoms with Crippen molar-refractivity contribution in [2.24, 2.45) is 5.92 Å². The molecular formula is C17H27N5O. The van der Waals surface area contributed by atoms with E-state index in [1.807, 2.05) is 16.9 Å².